The van der Waals surface area contributed by atoms with Crippen molar-refractivity contribution in [1.29, 1.82) is 0 Å². The van der Waals surface area contributed by atoms with Crippen molar-refractivity contribution in [2.24, 2.45) is 0 Å². The van der Waals surface area contributed by atoms with Gasteiger partial charge in [-0.05, 0) is 82.4 Å². The van der Waals surface area contributed by atoms with E-state index in [4.69, 9.17) is 0 Å². The van der Waals surface area contributed by atoms with E-state index < -0.39 is 74.6 Å². The molecular weight excluding hydrogens is 662 g/mol. The van der Waals surface area contributed by atoms with Crippen LogP contribution in [0.25, 0.3) is 32.7 Å². The van der Waals surface area contributed by atoms with Gasteiger partial charge in [0.25, 0.3) is 0 Å². The molecule has 0 fully saturated rings. The molecule has 0 aliphatic heterocycles. The molecule has 0 amide bonds. The quantitative estimate of drug-likeness (QED) is 0.133. The van der Waals surface area contributed by atoms with E-state index in [2.05, 4.69) is 16.6 Å². The van der Waals surface area contributed by atoms with Gasteiger partial charge in [-0.15, -0.1) is 0 Å². The van der Waals surface area contributed by atoms with E-state index in [1.807, 2.05) is 36.4 Å². The fraction of sp³-hybridized carbons (Fsp3) is 0.0526. The summed E-state index contributed by atoms with van der Waals surface area (Å²) in [7, 11) is 0. The van der Waals surface area contributed by atoms with Crippen LogP contribution >= 0.6 is 0 Å². The second-order valence-electron chi connectivity index (χ2n) is 10.6. The molecule has 0 unspecified atom stereocenters. The van der Waals surface area contributed by atoms with Crippen molar-refractivity contribution in [2.45, 2.75) is 12.3 Å². The SMILES string of the molecule is Fc1cc(C#Cc2ccc3ccccc3c2)ccc1-c1cc(F)c(C(F)(F)Oc2ccc3c(F)c(C#CC(F)(F)F)c(F)cc3c2)c(F)c1. The number of rotatable bonds is 4. The maximum atomic E-state index is 15.1. The van der Waals surface area contributed by atoms with E-state index in [-0.39, 0.29) is 11.1 Å². The van der Waals surface area contributed by atoms with Gasteiger partial charge < -0.3 is 4.74 Å². The average molecular weight is 679 g/mol. The number of hydrogen-bond donors (Lipinski definition) is 0. The normalized spacial score (nSPS) is 11.6. The molecule has 0 bridgehead atoms. The van der Waals surface area contributed by atoms with Crippen LogP contribution in [-0.4, -0.2) is 6.18 Å². The first-order valence-electron chi connectivity index (χ1n) is 14.1. The van der Waals surface area contributed by atoms with E-state index in [9.17, 15) is 22.0 Å². The molecule has 0 aliphatic rings. The molecule has 11 heteroatoms. The van der Waals surface area contributed by atoms with Crippen LogP contribution in [0.4, 0.5) is 43.9 Å². The van der Waals surface area contributed by atoms with Gasteiger partial charge in [-0.25, -0.2) is 22.0 Å². The van der Waals surface area contributed by atoms with Gasteiger partial charge in [0.1, 0.15) is 40.4 Å². The fourth-order valence-corrected chi connectivity index (χ4v) is 5.06. The van der Waals surface area contributed by atoms with Gasteiger partial charge in [-0.2, -0.15) is 22.0 Å². The Hall–Kier alpha value is -5.94. The molecule has 0 aliphatic carbocycles. The Bertz CT molecular complexity index is 2380. The molecule has 1 nitrogen and oxygen atoms in total. The van der Waals surface area contributed by atoms with E-state index >= 15 is 22.0 Å². The molecule has 0 radical (unpaired) electrons. The molecule has 0 atom stereocenters. The molecule has 0 heterocycles. The topological polar surface area (TPSA) is 9.23 Å². The highest BCUT2D eigenvalue weighted by molar-refractivity contribution is 5.86. The first-order valence-corrected chi connectivity index (χ1v) is 14.1. The predicted octanol–water partition coefficient (Wildman–Crippen LogP) is 10.8. The Morgan fingerprint density at radius 3 is 1.86 bits per heavy atom. The number of hydrogen-bond acceptors (Lipinski definition) is 1. The van der Waals surface area contributed by atoms with E-state index in [0.717, 1.165) is 34.9 Å². The van der Waals surface area contributed by atoms with Gasteiger partial charge in [-0.3, -0.25) is 0 Å². The maximum absolute atomic E-state index is 15.1. The van der Waals surface area contributed by atoms with Crippen LogP contribution in [0.5, 0.6) is 5.75 Å². The third-order valence-corrected chi connectivity index (χ3v) is 7.29. The number of benzene rings is 6. The summed E-state index contributed by atoms with van der Waals surface area (Å²) in [5.41, 5.74) is -2.83. The number of alkyl halides is 5. The summed E-state index contributed by atoms with van der Waals surface area (Å²) < 4.78 is 146. The van der Waals surface area contributed by atoms with Crippen molar-refractivity contribution in [3.8, 4) is 40.6 Å². The van der Waals surface area contributed by atoms with E-state index in [1.165, 1.54) is 18.1 Å². The lowest BCUT2D eigenvalue weighted by molar-refractivity contribution is -0.189. The number of halogens is 10. The third-order valence-electron chi connectivity index (χ3n) is 7.29. The molecular formula is C38H16F10O. The van der Waals surface area contributed by atoms with Crippen molar-refractivity contribution in [2.75, 3.05) is 0 Å². The van der Waals surface area contributed by atoms with Gasteiger partial charge in [0.2, 0.25) is 0 Å². The molecule has 6 aromatic rings. The standard InChI is InChI=1S/C38H16F10O/c39-31-16-22(6-5-21-7-9-23-3-1-2-4-24(23)15-21)8-11-28(31)26-19-33(41)35(34(42)20-26)38(47,48)49-27-10-12-29-25(17-27)18-32(40)30(36(29)43)13-14-37(44,45)46/h1-4,7-12,15-20H. The summed E-state index contributed by atoms with van der Waals surface area (Å²) in [4.78, 5) is 0. The highest BCUT2D eigenvalue weighted by Gasteiger charge is 2.41. The zero-order valence-corrected chi connectivity index (χ0v) is 24.4. The Balaban J connectivity index is 1.25. The zero-order chi connectivity index (χ0) is 35.1. The lowest BCUT2D eigenvalue weighted by atomic mass is 10.00. The van der Waals surface area contributed by atoms with Crippen LogP contribution in [0.1, 0.15) is 22.3 Å². The molecule has 244 valence electrons. The van der Waals surface area contributed by atoms with Crippen molar-refractivity contribution in [3.63, 3.8) is 0 Å². The van der Waals surface area contributed by atoms with Gasteiger partial charge in [0.15, 0.2) is 0 Å². The number of fused-ring (bicyclic) bond motifs is 2. The van der Waals surface area contributed by atoms with Gasteiger partial charge in [0.05, 0.1) is 5.56 Å². The van der Waals surface area contributed by atoms with E-state index in [0.29, 0.717) is 29.8 Å². The van der Waals surface area contributed by atoms with E-state index in [1.54, 1.807) is 6.07 Å². The molecule has 6 rings (SSSR count). The molecule has 0 saturated heterocycles. The van der Waals surface area contributed by atoms with Gasteiger partial charge in [-0.1, -0.05) is 54.2 Å². The first kappa shape index (κ1) is 33.0. The smallest absolute Gasteiger partial charge is 0.429 e. The summed E-state index contributed by atoms with van der Waals surface area (Å²) in [6.45, 7) is 0. The average Bonchev–Trinajstić information content (AvgIpc) is 3.02. The van der Waals surface area contributed by atoms with Crippen LogP contribution in [-0.2, 0) is 6.11 Å². The molecule has 49 heavy (non-hydrogen) atoms. The van der Waals surface area contributed by atoms with Gasteiger partial charge in [0, 0.05) is 28.0 Å². The fourth-order valence-electron chi connectivity index (χ4n) is 5.06. The minimum Gasteiger partial charge on any atom is -0.429 e. The number of ether oxygens (including phenoxy) is 1. The summed E-state index contributed by atoms with van der Waals surface area (Å²) in [5, 5.41) is 1.06. The minimum absolute atomic E-state index is 0.243. The third kappa shape index (κ3) is 7.02. The second-order valence-corrected chi connectivity index (χ2v) is 10.6. The Morgan fingerprint density at radius 1 is 0.531 bits per heavy atom. The van der Waals surface area contributed by atoms with Crippen molar-refractivity contribution >= 4 is 21.5 Å². The highest BCUT2D eigenvalue weighted by atomic mass is 19.4. The van der Waals surface area contributed by atoms with Crippen LogP contribution in [0.15, 0.2) is 97.1 Å². The minimum atomic E-state index is -5.03. The lowest BCUT2D eigenvalue weighted by Crippen LogP contribution is -2.25. The highest BCUT2D eigenvalue weighted by Crippen LogP contribution is 2.38. The zero-order valence-electron chi connectivity index (χ0n) is 24.4. The molecule has 0 spiro atoms. The first-order chi connectivity index (χ1) is 23.2. The van der Waals surface area contributed by atoms with Crippen molar-refractivity contribution < 1.29 is 48.6 Å². The Morgan fingerprint density at radius 2 is 1.18 bits per heavy atom. The van der Waals surface area contributed by atoms with Crippen molar-refractivity contribution in [3.05, 3.63) is 148 Å². The maximum Gasteiger partial charge on any atom is 0.458 e. The van der Waals surface area contributed by atoms with Crippen molar-refractivity contribution in [1.82, 2.24) is 0 Å². The largest absolute Gasteiger partial charge is 0.458 e. The predicted molar refractivity (Wildman–Crippen MR) is 163 cm³/mol. The van der Waals surface area contributed by atoms with Crippen LogP contribution in [0, 0.1) is 52.8 Å². The van der Waals surface area contributed by atoms with Crippen LogP contribution in [0.2, 0.25) is 0 Å². The van der Waals surface area contributed by atoms with Gasteiger partial charge >= 0.3 is 12.3 Å². The summed E-state index contributed by atoms with van der Waals surface area (Å²) in [6, 6.07) is 20.5. The van der Waals surface area contributed by atoms with Crippen LogP contribution < -0.4 is 4.74 Å². The molecule has 0 N–H and O–H groups in total. The lowest BCUT2D eigenvalue weighted by Gasteiger charge is -2.20. The Kier molecular flexibility index (Phi) is 8.47. The monoisotopic (exact) mass is 678 g/mol. The summed E-state index contributed by atoms with van der Waals surface area (Å²) >= 11 is 0. The van der Waals surface area contributed by atoms with Crippen LogP contribution in [0.3, 0.4) is 0 Å². The Labute approximate surface area is 271 Å². The second kappa shape index (κ2) is 12.6. The molecule has 0 aromatic heterocycles. The molecule has 0 saturated carbocycles. The molecule has 6 aromatic carbocycles. The summed E-state index contributed by atoms with van der Waals surface area (Å²) in [5.74, 6) is -0.488. The summed E-state index contributed by atoms with van der Waals surface area (Å²) in [6.07, 6.45) is -9.72.